The number of nitrogens with zero attached hydrogens (tertiary/aromatic N) is 5. The number of pyridine rings is 1. The molecule has 29 heavy (non-hydrogen) atoms. The fourth-order valence-electron chi connectivity index (χ4n) is 3.13. The van der Waals surface area contributed by atoms with E-state index in [1.165, 1.54) is 18.2 Å². The highest BCUT2D eigenvalue weighted by Gasteiger charge is 2.26. The number of carbonyl (C=O) groups excluding carboxylic acids is 1. The maximum absolute atomic E-state index is 14.0. The number of aromatic nitrogens is 3. The first kappa shape index (κ1) is 19.1. The molecular weight excluding hydrogens is 395 g/mol. The molecule has 0 saturated carbocycles. The molecule has 3 aromatic rings. The average molecular weight is 413 g/mol. The summed E-state index contributed by atoms with van der Waals surface area (Å²) in [7, 11) is 0. The van der Waals surface area contributed by atoms with E-state index >= 15 is 0 Å². The topological polar surface area (TPSA) is 74.2 Å². The molecule has 1 N–H and O–H groups in total. The van der Waals surface area contributed by atoms with Crippen LogP contribution in [0.25, 0.3) is 0 Å². The molecule has 0 radical (unpaired) electrons. The second-order valence-corrected chi connectivity index (χ2v) is 6.90. The summed E-state index contributed by atoms with van der Waals surface area (Å²) in [4.78, 5) is 20.5. The van der Waals surface area contributed by atoms with Crippen molar-refractivity contribution in [3.63, 3.8) is 0 Å². The fraction of sp³-hybridized carbons (Fsp3) is 0.200. The number of benzene rings is 1. The van der Waals surface area contributed by atoms with Crippen molar-refractivity contribution in [1.29, 1.82) is 0 Å². The zero-order valence-electron chi connectivity index (χ0n) is 15.4. The van der Waals surface area contributed by atoms with Crippen molar-refractivity contribution in [3.05, 3.63) is 71.1 Å². The average Bonchev–Trinajstić information content (AvgIpc) is 2.75. The van der Waals surface area contributed by atoms with E-state index in [4.69, 9.17) is 11.6 Å². The number of anilines is 3. The lowest BCUT2D eigenvalue weighted by atomic mass is 10.1. The molecule has 0 unspecified atom stereocenters. The van der Waals surface area contributed by atoms with Crippen molar-refractivity contribution in [2.24, 2.45) is 0 Å². The fourth-order valence-corrected chi connectivity index (χ4v) is 3.37. The van der Waals surface area contributed by atoms with Gasteiger partial charge in [0.05, 0.1) is 10.6 Å². The van der Waals surface area contributed by atoms with E-state index in [0.717, 1.165) is 0 Å². The highest BCUT2D eigenvalue weighted by molar-refractivity contribution is 6.33. The third-order valence-electron chi connectivity index (χ3n) is 4.64. The first-order valence-electron chi connectivity index (χ1n) is 9.12. The Bertz CT molecular complexity index is 973. The molecular formula is C20H18ClFN6O. The van der Waals surface area contributed by atoms with Crippen molar-refractivity contribution in [2.45, 2.75) is 0 Å². The van der Waals surface area contributed by atoms with Crippen LogP contribution in [0.4, 0.5) is 21.8 Å². The molecule has 9 heteroatoms. The number of nitrogens with one attached hydrogen (secondary N) is 1. The van der Waals surface area contributed by atoms with E-state index in [1.807, 2.05) is 35.2 Å². The molecule has 148 valence electrons. The van der Waals surface area contributed by atoms with Crippen molar-refractivity contribution in [2.75, 3.05) is 36.4 Å². The van der Waals surface area contributed by atoms with E-state index in [9.17, 15) is 9.18 Å². The molecule has 1 amide bonds. The second-order valence-electron chi connectivity index (χ2n) is 6.49. The van der Waals surface area contributed by atoms with Gasteiger partial charge in [0.1, 0.15) is 11.6 Å². The summed E-state index contributed by atoms with van der Waals surface area (Å²) in [6.07, 6.45) is 1.69. The molecule has 1 aliphatic heterocycles. The van der Waals surface area contributed by atoms with Gasteiger partial charge in [-0.2, -0.15) is 0 Å². The van der Waals surface area contributed by atoms with Gasteiger partial charge in [-0.1, -0.05) is 23.7 Å². The zero-order chi connectivity index (χ0) is 20.2. The summed E-state index contributed by atoms with van der Waals surface area (Å²) in [5, 5.41) is 11.6. The van der Waals surface area contributed by atoms with Gasteiger partial charge in [0.25, 0.3) is 5.91 Å². The third-order valence-corrected chi connectivity index (χ3v) is 4.95. The van der Waals surface area contributed by atoms with Crippen LogP contribution >= 0.6 is 11.6 Å². The van der Waals surface area contributed by atoms with Crippen molar-refractivity contribution < 1.29 is 9.18 Å². The number of hydrogen-bond acceptors (Lipinski definition) is 6. The normalized spacial score (nSPS) is 14.0. The molecule has 2 aromatic heterocycles. The summed E-state index contributed by atoms with van der Waals surface area (Å²) >= 11 is 6.01. The maximum atomic E-state index is 14.0. The maximum Gasteiger partial charge on any atom is 0.258 e. The number of rotatable bonds is 4. The van der Waals surface area contributed by atoms with Crippen LogP contribution in [0.3, 0.4) is 0 Å². The van der Waals surface area contributed by atoms with Crippen LogP contribution in [0, 0.1) is 5.82 Å². The predicted octanol–water partition coefficient (Wildman–Crippen LogP) is 3.37. The molecule has 0 bridgehead atoms. The van der Waals surface area contributed by atoms with E-state index in [1.54, 1.807) is 11.1 Å². The monoisotopic (exact) mass is 412 g/mol. The Balaban J connectivity index is 1.37. The van der Waals surface area contributed by atoms with Gasteiger partial charge in [0.2, 0.25) is 0 Å². The minimum atomic E-state index is -0.605. The van der Waals surface area contributed by atoms with Crippen LogP contribution in [0.1, 0.15) is 10.4 Å². The molecule has 0 atom stereocenters. The van der Waals surface area contributed by atoms with Crippen LogP contribution in [0.15, 0.2) is 54.7 Å². The number of carbonyl (C=O) groups is 1. The zero-order valence-corrected chi connectivity index (χ0v) is 16.2. The largest absolute Gasteiger partial charge is 0.352 e. The van der Waals surface area contributed by atoms with Crippen LogP contribution in [-0.2, 0) is 0 Å². The lowest BCUT2D eigenvalue weighted by Crippen LogP contribution is -2.49. The molecule has 1 saturated heterocycles. The van der Waals surface area contributed by atoms with Crippen LogP contribution in [0.5, 0.6) is 0 Å². The Morgan fingerprint density at radius 2 is 1.79 bits per heavy atom. The van der Waals surface area contributed by atoms with Gasteiger partial charge in [-0.05, 0) is 36.4 Å². The Morgan fingerprint density at radius 3 is 2.45 bits per heavy atom. The highest BCUT2D eigenvalue weighted by atomic mass is 35.5. The standard InChI is InChI=1S/C20H18ClFN6O/c21-14-4-3-5-15(22)19(14)20(29)28-12-10-27(11-13-28)18-8-7-17(25-26-18)24-16-6-1-2-9-23-16/h1-9H,10-13H2,(H,23,24,25). The Labute approximate surface area is 172 Å². The molecule has 1 fully saturated rings. The molecule has 1 aliphatic rings. The molecule has 7 nitrogen and oxygen atoms in total. The molecule has 1 aromatic carbocycles. The Hall–Kier alpha value is -3.26. The number of piperazine rings is 1. The number of hydrogen-bond donors (Lipinski definition) is 1. The molecule has 0 aliphatic carbocycles. The quantitative estimate of drug-likeness (QED) is 0.708. The van der Waals surface area contributed by atoms with Crippen LogP contribution < -0.4 is 10.2 Å². The van der Waals surface area contributed by atoms with Gasteiger partial charge in [-0.15, -0.1) is 10.2 Å². The van der Waals surface area contributed by atoms with Crippen molar-refractivity contribution >= 4 is 35.0 Å². The van der Waals surface area contributed by atoms with Gasteiger partial charge in [-0.25, -0.2) is 9.37 Å². The summed E-state index contributed by atoms with van der Waals surface area (Å²) in [6, 6.07) is 13.5. The number of amides is 1. The van der Waals surface area contributed by atoms with Gasteiger partial charge in [-0.3, -0.25) is 4.79 Å². The van der Waals surface area contributed by atoms with Gasteiger partial charge in [0, 0.05) is 32.4 Å². The van der Waals surface area contributed by atoms with E-state index in [2.05, 4.69) is 20.5 Å². The van der Waals surface area contributed by atoms with Gasteiger partial charge >= 0.3 is 0 Å². The minimum Gasteiger partial charge on any atom is -0.352 e. The van der Waals surface area contributed by atoms with Gasteiger partial charge < -0.3 is 15.1 Å². The van der Waals surface area contributed by atoms with E-state index in [-0.39, 0.29) is 10.6 Å². The van der Waals surface area contributed by atoms with Crippen LogP contribution in [-0.4, -0.2) is 52.2 Å². The Kier molecular flexibility index (Phi) is 5.53. The third kappa shape index (κ3) is 4.27. The SMILES string of the molecule is O=C(c1c(F)cccc1Cl)N1CCN(c2ccc(Nc3ccccn3)nn2)CC1. The second kappa shape index (κ2) is 8.40. The minimum absolute atomic E-state index is 0.0765. The van der Waals surface area contributed by atoms with Crippen molar-refractivity contribution in [1.82, 2.24) is 20.1 Å². The van der Waals surface area contributed by atoms with E-state index in [0.29, 0.717) is 43.6 Å². The Morgan fingerprint density at radius 1 is 0.966 bits per heavy atom. The van der Waals surface area contributed by atoms with Crippen LogP contribution in [0.2, 0.25) is 5.02 Å². The summed E-state index contributed by atoms with van der Waals surface area (Å²) in [5.41, 5.74) is -0.0765. The molecule has 3 heterocycles. The first-order chi connectivity index (χ1) is 14.1. The lowest BCUT2D eigenvalue weighted by molar-refractivity contribution is 0.0742. The lowest BCUT2D eigenvalue weighted by Gasteiger charge is -2.35. The van der Waals surface area contributed by atoms with Gasteiger partial charge in [0.15, 0.2) is 11.6 Å². The summed E-state index contributed by atoms with van der Waals surface area (Å²) in [5.74, 6) is 0.997. The van der Waals surface area contributed by atoms with Crippen molar-refractivity contribution in [3.8, 4) is 0 Å². The van der Waals surface area contributed by atoms with E-state index < -0.39 is 11.7 Å². The number of halogens is 2. The summed E-state index contributed by atoms with van der Waals surface area (Å²) < 4.78 is 14.0. The molecule has 4 rings (SSSR count). The predicted molar refractivity (Wildman–Crippen MR) is 109 cm³/mol. The highest BCUT2D eigenvalue weighted by Crippen LogP contribution is 2.22. The first-order valence-corrected chi connectivity index (χ1v) is 9.49. The molecule has 0 spiro atoms. The summed E-state index contributed by atoms with van der Waals surface area (Å²) in [6.45, 7) is 2.03. The smallest absolute Gasteiger partial charge is 0.258 e.